The Kier molecular flexibility index (Phi) is 2.58. The van der Waals surface area contributed by atoms with Crippen LogP contribution in [0.3, 0.4) is 0 Å². The van der Waals surface area contributed by atoms with Crippen LogP contribution in [0.1, 0.15) is 30.4 Å². The molecule has 6 heteroatoms. The fourth-order valence-corrected chi connectivity index (χ4v) is 2.91. The number of rotatable bonds is 1. The molecule has 0 bridgehead atoms. The van der Waals surface area contributed by atoms with E-state index in [1.807, 2.05) is 4.90 Å². The van der Waals surface area contributed by atoms with Crippen molar-refractivity contribution in [2.75, 3.05) is 19.6 Å². The van der Waals surface area contributed by atoms with Crippen molar-refractivity contribution in [1.82, 2.24) is 25.0 Å². The molecule has 1 amide bonds. The molecule has 2 aliphatic heterocycles. The van der Waals surface area contributed by atoms with Gasteiger partial charge in [0.05, 0.1) is 0 Å². The van der Waals surface area contributed by atoms with Crippen molar-refractivity contribution in [2.24, 2.45) is 0 Å². The number of amides is 1. The second-order valence-electron chi connectivity index (χ2n) is 4.93. The van der Waals surface area contributed by atoms with E-state index in [0.29, 0.717) is 11.9 Å². The zero-order valence-corrected chi connectivity index (χ0v) is 9.96. The minimum Gasteiger partial charge on any atom is -0.330 e. The lowest BCUT2D eigenvalue weighted by Gasteiger charge is -2.41. The van der Waals surface area contributed by atoms with Crippen molar-refractivity contribution in [1.29, 1.82) is 0 Å². The summed E-state index contributed by atoms with van der Waals surface area (Å²) in [6, 6.07) is 0.792. The highest BCUT2D eigenvalue weighted by Crippen LogP contribution is 2.25. The topological polar surface area (TPSA) is 65.1 Å². The molecule has 2 aliphatic rings. The Balaban J connectivity index is 1.76. The molecule has 2 unspecified atom stereocenters. The van der Waals surface area contributed by atoms with Crippen molar-refractivity contribution >= 4 is 5.91 Å². The zero-order valence-electron chi connectivity index (χ0n) is 9.96. The quantitative estimate of drug-likeness (QED) is 0.750. The van der Waals surface area contributed by atoms with Gasteiger partial charge in [-0.05, 0) is 26.3 Å². The smallest absolute Gasteiger partial charge is 0.291 e. The van der Waals surface area contributed by atoms with E-state index in [4.69, 9.17) is 0 Å². The molecule has 2 saturated heterocycles. The Morgan fingerprint density at radius 1 is 1.53 bits per heavy atom. The number of aromatic amines is 1. The third-order valence-electron chi connectivity index (χ3n) is 3.82. The molecule has 3 rings (SSSR count). The summed E-state index contributed by atoms with van der Waals surface area (Å²) < 4.78 is 0. The van der Waals surface area contributed by atoms with Crippen LogP contribution in [0.5, 0.6) is 0 Å². The molecule has 1 aromatic heterocycles. The second-order valence-corrected chi connectivity index (χ2v) is 4.93. The predicted molar refractivity (Wildman–Crippen MR) is 61.5 cm³/mol. The molecule has 0 radical (unpaired) electrons. The van der Waals surface area contributed by atoms with Crippen molar-refractivity contribution in [3.63, 3.8) is 0 Å². The largest absolute Gasteiger partial charge is 0.330 e. The number of fused-ring (bicyclic) bond motifs is 1. The van der Waals surface area contributed by atoms with Crippen molar-refractivity contribution in [3.05, 3.63) is 12.2 Å². The lowest BCUT2D eigenvalue weighted by molar-refractivity contribution is 0.0385. The van der Waals surface area contributed by atoms with Crippen molar-refractivity contribution in [3.8, 4) is 0 Å². The lowest BCUT2D eigenvalue weighted by atomic mass is 10.1. The minimum atomic E-state index is -0.0263. The maximum Gasteiger partial charge on any atom is 0.291 e. The SMILES string of the molecule is CC1CN2CCCC2CN1C(=O)c1ncn[nH]1. The third-order valence-corrected chi connectivity index (χ3v) is 3.82. The molecular weight excluding hydrogens is 218 g/mol. The molecule has 1 aromatic rings. The Labute approximate surface area is 100 Å². The minimum absolute atomic E-state index is 0.0263. The van der Waals surface area contributed by atoms with Crippen molar-refractivity contribution < 1.29 is 4.79 Å². The van der Waals surface area contributed by atoms with Gasteiger partial charge in [0, 0.05) is 25.2 Å². The van der Waals surface area contributed by atoms with Gasteiger partial charge in [0.15, 0.2) is 0 Å². The lowest BCUT2D eigenvalue weighted by Crippen LogP contribution is -2.56. The summed E-state index contributed by atoms with van der Waals surface area (Å²) in [7, 11) is 0. The van der Waals surface area contributed by atoms with E-state index >= 15 is 0 Å². The number of H-pyrrole nitrogens is 1. The fourth-order valence-electron chi connectivity index (χ4n) is 2.91. The Bertz CT molecular complexity index is 404. The summed E-state index contributed by atoms with van der Waals surface area (Å²) >= 11 is 0. The van der Waals surface area contributed by atoms with Crippen LogP contribution >= 0.6 is 0 Å². The summed E-state index contributed by atoms with van der Waals surface area (Å²) in [6.07, 6.45) is 3.83. The van der Waals surface area contributed by atoms with Gasteiger partial charge in [-0.25, -0.2) is 4.98 Å². The number of carbonyl (C=O) groups is 1. The molecule has 1 N–H and O–H groups in total. The van der Waals surface area contributed by atoms with Gasteiger partial charge >= 0.3 is 0 Å². The number of hydrogen-bond acceptors (Lipinski definition) is 4. The highest BCUT2D eigenvalue weighted by molar-refractivity contribution is 5.90. The first kappa shape index (κ1) is 10.7. The van der Waals surface area contributed by atoms with Crippen LogP contribution < -0.4 is 0 Å². The molecule has 0 aliphatic carbocycles. The summed E-state index contributed by atoms with van der Waals surface area (Å²) in [4.78, 5) is 20.6. The van der Waals surface area contributed by atoms with Crippen LogP contribution in [-0.4, -0.2) is 62.6 Å². The highest BCUT2D eigenvalue weighted by atomic mass is 16.2. The summed E-state index contributed by atoms with van der Waals surface area (Å²) in [5.74, 6) is 0.324. The Morgan fingerprint density at radius 3 is 3.18 bits per heavy atom. The molecule has 2 fully saturated rings. The van der Waals surface area contributed by atoms with Gasteiger partial charge in [0.25, 0.3) is 5.91 Å². The highest BCUT2D eigenvalue weighted by Gasteiger charge is 2.37. The molecule has 0 aromatic carbocycles. The fraction of sp³-hybridized carbons (Fsp3) is 0.727. The maximum atomic E-state index is 12.2. The molecule has 92 valence electrons. The van der Waals surface area contributed by atoms with Gasteiger partial charge in [-0.1, -0.05) is 0 Å². The molecule has 6 nitrogen and oxygen atoms in total. The normalized spacial score (nSPS) is 29.4. The second kappa shape index (κ2) is 4.10. The first-order chi connectivity index (χ1) is 8.25. The van der Waals surface area contributed by atoms with Crippen LogP contribution in [0.15, 0.2) is 6.33 Å². The molecule has 0 spiro atoms. The number of piperazine rings is 1. The van der Waals surface area contributed by atoms with E-state index in [0.717, 1.165) is 13.1 Å². The maximum absolute atomic E-state index is 12.2. The van der Waals surface area contributed by atoms with Crippen LogP contribution in [-0.2, 0) is 0 Å². The van der Waals surface area contributed by atoms with E-state index < -0.39 is 0 Å². The van der Waals surface area contributed by atoms with Gasteiger partial charge < -0.3 is 4.90 Å². The molecule has 0 saturated carbocycles. The van der Waals surface area contributed by atoms with Gasteiger partial charge in [-0.2, -0.15) is 5.10 Å². The van der Waals surface area contributed by atoms with E-state index in [1.54, 1.807) is 0 Å². The van der Waals surface area contributed by atoms with Crippen LogP contribution in [0.2, 0.25) is 0 Å². The average molecular weight is 235 g/mol. The van der Waals surface area contributed by atoms with E-state index in [9.17, 15) is 4.79 Å². The van der Waals surface area contributed by atoms with Gasteiger partial charge in [0.2, 0.25) is 5.82 Å². The monoisotopic (exact) mass is 235 g/mol. The van der Waals surface area contributed by atoms with Crippen LogP contribution in [0.4, 0.5) is 0 Å². The van der Waals surface area contributed by atoms with E-state index in [1.165, 1.54) is 25.7 Å². The number of aromatic nitrogens is 3. The zero-order chi connectivity index (χ0) is 11.8. The third kappa shape index (κ3) is 1.82. The number of nitrogens with one attached hydrogen (secondary N) is 1. The average Bonchev–Trinajstić information content (AvgIpc) is 2.97. The van der Waals surface area contributed by atoms with Gasteiger partial charge in [-0.15, -0.1) is 0 Å². The number of nitrogens with zero attached hydrogens (tertiary/aromatic N) is 4. The first-order valence-electron chi connectivity index (χ1n) is 6.16. The number of carbonyl (C=O) groups excluding carboxylic acids is 1. The summed E-state index contributed by atoms with van der Waals surface area (Å²) in [5, 5.41) is 6.38. The summed E-state index contributed by atoms with van der Waals surface area (Å²) in [6.45, 7) is 5.08. The Morgan fingerprint density at radius 2 is 2.41 bits per heavy atom. The molecule has 17 heavy (non-hydrogen) atoms. The molecule has 2 atom stereocenters. The van der Waals surface area contributed by atoms with Crippen LogP contribution in [0.25, 0.3) is 0 Å². The van der Waals surface area contributed by atoms with Gasteiger partial charge in [-0.3, -0.25) is 14.8 Å². The van der Waals surface area contributed by atoms with Crippen molar-refractivity contribution in [2.45, 2.75) is 31.8 Å². The van der Waals surface area contributed by atoms with Crippen LogP contribution in [0, 0.1) is 0 Å². The Hall–Kier alpha value is -1.43. The summed E-state index contributed by atoms with van der Waals surface area (Å²) in [5.41, 5.74) is 0. The van der Waals surface area contributed by atoms with Gasteiger partial charge in [0.1, 0.15) is 6.33 Å². The van der Waals surface area contributed by atoms with E-state index in [-0.39, 0.29) is 11.9 Å². The number of hydrogen-bond donors (Lipinski definition) is 1. The van der Waals surface area contributed by atoms with E-state index in [2.05, 4.69) is 27.0 Å². The first-order valence-corrected chi connectivity index (χ1v) is 6.16. The predicted octanol–water partition coefficient (Wildman–Crippen LogP) is 0.113. The molecular formula is C11H17N5O. The molecule has 3 heterocycles. The standard InChI is InChI=1S/C11H17N5O/c1-8-5-15-4-2-3-9(15)6-16(8)11(17)10-12-7-13-14-10/h7-9H,2-6H2,1H3,(H,12,13,14).